The number of rotatable bonds is 10. The number of hydrogen-bond donors (Lipinski definition) is 3. The van der Waals surface area contributed by atoms with E-state index in [9.17, 15) is 14.4 Å². The highest BCUT2D eigenvalue weighted by molar-refractivity contribution is 5.86. The first-order valence-corrected chi connectivity index (χ1v) is 15.1. The first kappa shape index (κ1) is 31.2. The molecule has 0 heterocycles. The Morgan fingerprint density at radius 3 is 2.29 bits per heavy atom. The highest BCUT2D eigenvalue weighted by Gasteiger charge is 2.31. The molecule has 0 aliphatic heterocycles. The van der Waals surface area contributed by atoms with Gasteiger partial charge in [-0.3, -0.25) is 14.4 Å². The fourth-order valence-electron chi connectivity index (χ4n) is 6.23. The topological polar surface area (TPSA) is 115 Å². The fraction of sp³-hybridized carbons (Fsp3) is 0.545. The summed E-state index contributed by atoms with van der Waals surface area (Å²) in [6.45, 7) is 5.54. The second-order valence-electron chi connectivity index (χ2n) is 11.4. The van der Waals surface area contributed by atoms with Crippen molar-refractivity contribution < 1.29 is 23.8 Å². The van der Waals surface area contributed by atoms with Gasteiger partial charge in [-0.25, -0.2) is 0 Å². The monoisotopic (exact) mass is 579 g/mol. The third-order valence-corrected chi connectivity index (χ3v) is 8.67. The van der Waals surface area contributed by atoms with Gasteiger partial charge in [0.25, 0.3) is 0 Å². The van der Waals surface area contributed by atoms with E-state index < -0.39 is 12.1 Å². The molecule has 9 heteroatoms. The molecule has 0 aromatic heterocycles. The zero-order valence-electron chi connectivity index (χ0n) is 25.7. The van der Waals surface area contributed by atoms with Crippen molar-refractivity contribution >= 4 is 17.5 Å². The third kappa shape index (κ3) is 6.66. The molecule has 0 saturated heterocycles. The molecule has 2 aliphatic carbocycles. The molecule has 2 amide bonds. The first-order chi connectivity index (χ1) is 20.2. The molecule has 42 heavy (non-hydrogen) atoms. The predicted molar refractivity (Wildman–Crippen MR) is 165 cm³/mol. The molecule has 2 aliphatic rings. The fourth-order valence-corrected chi connectivity index (χ4v) is 6.23. The van der Waals surface area contributed by atoms with E-state index in [2.05, 4.69) is 16.0 Å². The lowest BCUT2D eigenvalue weighted by Gasteiger charge is -2.28. The number of aryl methyl sites for hydroxylation is 1. The molecule has 1 saturated carbocycles. The number of amides is 2. The van der Waals surface area contributed by atoms with Crippen molar-refractivity contribution in [2.45, 2.75) is 90.3 Å². The SMILES string of the molecule is CC[C@H](C)[C@@H](Nc1ccc2c(cc1=O)[C@H](NC(C)=O)CCc1cc(OC)c(OC)c(OC)c1-2)C(=O)NC1CCCCC1. The molecule has 2 aromatic carbocycles. The number of fused-ring (bicyclic) bond motifs is 3. The summed E-state index contributed by atoms with van der Waals surface area (Å²) in [7, 11) is 4.71. The summed E-state index contributed by atoms with van der Waals surface area (Å²) in [4.78, 5) is 39.5. The summed E-state index contributed by atoms with van der Waals surface area (Å²) in [6, 6.07) is 6.32. The largest absolute Gasteiger partial charge is 0.493 e. The Kier molecular flexibility index (Phi) is 10.4. The van der Waals surface area contributed by atoms with Crippen LogP contribution in [0.3, 0.4) is 0 Å². The van der Waals surface area contributed by atoms with Crippen LogP contribution in [0.1, 0.15) is 82.9 Å². The number of hydrogen-bond acceptors (Lipinski definition) is 7. The van der Waals surface area contributed by atoms with Crippen molar-refractivity contribution in [3.05, 3.63) is 45.6 Å². The summed E-state index contributed by atoms with van der Waals surface area (Å²) in [5, 5.41) is 9.57. The summed E-state index contributed by atoms with van der Waals surface area (Å²) in [5.41, 5.74) is 3.24. The summed E-state index contributed by atoms with van der Waals surface area (Å²) in [5.74, 6) is 1.22. The zero-order valence-corrected chi connectivity index (χ0v) is 25.7. The minimum atomic E-state index is -0.566. The highest BCUT2D eigenvalue weighted by Crippen LogP contribution is 2.50. The number of ether oxygens (including phenoxy) is 3. The van der Waals surface area contributed by atoms with Gasteiger partial charge in [0.05, 0.1) is 33.1 Å². The Morgan fingerprint density at radius 2 is 1.67 bits per heavy atom. The maximum absolute atomic E-state index is 13.8. The number of methoxy groups -OCH3 is 3. The van der Waals surface area contributed by atoms with Crippen LogP contribution < -0.4 is 35.6 Å². The Bertz CT molecular complexity index is 1350. The van der Waals surface area contributed by atoms with Gasteiger partial charge < -0.3 is 30.2 Å². The first-order valence-electron chi connectivity index (χ1n) is 15.1. The number of carbonyl (C=O) groups is 2. The molecule has 4 rings (SSSR count). The Morgan fingerprint density at radius 1 is 0.952 bits per heavy atom. The van der Waals surface area contributed by atoms with Crippen molar-refractivity contribution in [3.63, 3.8) is 0 Å². The van der Waals surface area contributed by atoms with Gasteiger partial charge in [-0.1, -0.05) is 45.6 Å². The summed E-state index contributed by atoms with van der Waals surface area (Å²) < 4.78 is 17.2. The van der Waals surface area contributed by atoms with Gasteiger partial charge >= 0.3 is 0 Å². The van der Waals surface area contributed by atoms with E-state index in [1.165, 1.54) is 13.3 Å². The molecule has 9 nitrogen and oxygen atoms in total. The van der Waals surface area contributed by atoms with E-state index >= 15 is 0 Å². The van der Waals surface area contributed by atoms with Gasteiger partial charge in [-0.15, -0.1) is 0 Å². The average Bonchev–Trinajstić information content (AvgIpc) is 3.23. The van der Waals surface area contributed by atoms with Gasteiger partial charge in [0.15, 0.2) is 11.5 Å². The van der Waals surface area contributed by atoms with Crippen LogP contribution in [0.4, 0.5) is 5.69 Å². The minimum Gasteiger partial charge on any atom is -0.493 e. The molecule has 228 valence electrons. The maximum atomic E-state index is 13.8. The van der Waals surface area contributed by atoms with Gasteiger partial charge in [-0.2, -0.15) is 0 Å². The number of anilines is 1. The van der Waals surface area contributed by atoms with E-state index in [1.54, 1.807) is 33.5 Å². The van der Waals surface area contributed by atoms with Crippen molar-refractivity contribution in [1.82, 2.24) is 10.6 Å². The molecule has 0 radical (unpaired) electrons. The second-order valence-corrected chi connectivity index (χ2v) is 11.4. The van der Waals surface area contributed by atoms with E-state index in [0.29, 0.717) is 41.3 Å². The normalized spacial score (nSPS) is 17.9. The van der Waals surface area contributed by atoms with Crippen LogP contribution in [0.15, 0.2) is 29.1 Å². The summed E-state index contributed by atoms with van der Waals surface area (Å²) in [6.07, 6.45) is 7.38. The van der Waals surface area contributed by atoms with Crippen LogP contribution in [0.25, 0.3) is 11.1 Å². The smallest absolute Gasteiger partial charge is 0.242 e. The van der Waals surface area contributed by atoms with E-state index in [-0.39, 0.29) is 29.2 Å². The lowest BCUT2D eigenvalue weighted by molar-refractivity contribution is -0.123. The average molecular weight is 580 g/mol. The Labute approximate surface area is 248 Å². The number of nitrogens with one attached hydrogen (secondary N) is 3. The predicted octanol–water partition coefficient (Wildman–Crippen LogP) is 5.14. The zero-order chi connectivity index (χ0) is 30.4. The van der Waals surface area contributed by atoms with Gasteiger partial charge in [0.1, 0.15) is 6.04 Å². The third-order valence-electron chi connectivity index (χ3n) is 8.67. The maximum Gasteiger partial charge on any atom is 0.242 e. The molecular formula is C33H45N3O6. The minimum absolute atomic E-state index is 0.000927. The molecule has 2 aromatic rings. The van der Waals surface area contributed by atoms with Crippen molar-refractivity contribution in [2.24, 2.45) is 5.92 Å². The van der Waals surface area contributed by atoms with Crippen LogP contribution in [-0.2, 0) is 16.0 Å². The molecule has 0 unspecified atom stereocenters. The molecule has 0 spiro atoms. The lowest BCUT2D eigenvalue weighted by atomic mass is 9.93. The lowest BCUT2D eigenvalue weighted by Crippen LogP contribution is -2.48. The number of benzene rings is 1. The summed E-state index contributed by atoms with van der Waals surface area (Å²) >= 11 is 0. The van der Waals surface area contributed by atoms with Gasteiger partial charge in [-0.05, 0) is 66.5 Å². The molecule has 3 N–H and O–H groups in total. The standard InChI is InChI=1S/C33H45N3O6/c1-7-19(2)30(33(39)35-22-11-9-8-10-12-22)36-26-16-14-23-24(18-27(26)38)25(34-20(3)37)15-13-21-17-28(40-4)31(41-5)32(42-6)29(21)23/h14,16-19,22,25,30H,7-13,15H2,1-6H3,(H,34,37)(H,35,39)(H,36,38)/t19-,25+,30+/m0/s1. The molecule has 3 atom stereocenters. The van der Waals surface area contributed by atoms with E-state index in [4.69, 9.17) is 14.2 Å². The van der Waals surface area contributed by atoms with Crippen molar-refractivity contribution in [3.8, 4) is 28.4 Å². The second kappa shape index (κ2) is 13.9. The van der Waals surface area contributed by atoms with E-state index in [1.807, 2.05) is 26.0 Å². The van der Waals surface area contributed by atoms with Crippen molar-refractivity contribution in [1.29, 1.82) is 0 Å². The van der Waals surface area contributed by atoms with Crippen LogP contribution in [0, 0.1) is 5.92 Å². The van der Waals surface area contributed by atoms with Crippen molar-refractivity contribution in [2.75, 3.05) is 26.6 Å². The van der Waals surface area contributed by atoms with Gasteiger partial charge in [0, 0.05) is 18.5 Å². The molecule has 0 bridgehead atoms. The highest BCUT2D eigenvalue weighted by atomic mass is 16.5. The Hall–Kier alpha value is -3.75. The van der Waals surface area contributed by atoms with Gasteiger partial charge in [0.2, 0.25) is 23.0 Å². The van der Waals surface area contributed by atoms with Crippen LogP contribution in [-0.4, -0.2) is 45.2 Å². The molecule has 1 fully saturated rings. The van der Waals surface area contributed by atoms with E-state index in [0.717, 1.165) is 48.8 Å². The quantitative estimate of drug-likeness (QED) is 0.357. The molecular weight excluding hydrogens is 534 g/mol. The Balaban J connectivity index is 1.84. The van der Waals surface area contributed by atoms with Crippen LogP contribution in [0.5, 0.6) is 17.2 Å². The van der Waals surface area contributed by atoms with Crippen LogP contribution in [0.2, 0.25) is 0 Å². The number of carbonyl (C=O) groups excluding carboxylic acids is 2. The van der Waals surface area contributed by atoms with Crippen LogP contribution >= 0.6 is 0 Å².